The molecule has 1 amide bonds. The molecular formula is C13H24N4O. The molecule has 18 heavy (non-hydrogen) atoms. The van der Waals surface area contributed by atoms with Gasteiger partial charge in [0, 0.05) is 18.8 Å². The summed E-state index contributed by atoms with van der Waals surface area (Å²) >= 11 is 0. The van der Waals surface area contributed by atoms with Gasteiger partial charge in [-0.15, -0.1) is 0 Å². The van der Waals surface area contributed by atoms with Gasteiger partial charge in [0.1, 0.15) is 0 Å². The smallest absolute Gasteiger partial charge is 0.227 e. The minimum absolute atomic E-state index is 0.0522. The number of nitrogens with two attached hydrogens (primary N) is 1. The van der Waals surface area contributed by atoms with Crippen LogP contribution in [-0.2, 0) is 11.2 Å². The van der Waals surface area contributed by atoms with Crippen LogP contribution in [0.25, 0.3) is 0 Å². The fourth-order valence-electron chi connectivity index (χ4n) is 1.72. The number of nitrogens with zero attached hydrogens (tertiary/aromatic N) is 1. The maximum atomic E-state index is 11.9. The van der Waals surface area contributed by atoms with Crippen LogP contribution in [0.15, 0.2) is 6.20 Å². The summed E-state index contributed by atoms with van der Waals surface area (Å²) in [6.07, 6.45) is 4.44. The first kappa shape index (κ1) is 14.7. The summed E-state index contributed by atoms with van der Waals surface area (Å²) < 4.78 is 0. The van der Waals surface area contributed by atoms with Gasteiger partial charge in [-0.05, 0) is 38.7 Å². The van der Waals surface area contributed by atoms with E-state index in [1.807, 2.05) is 27.0 Å². The van der Waals surface area contributed by atoms with Gasteiger partial charge in [-0.1, -0.05) is 6.92 Å². The molecule has 0 fully saturated rings. The fourth-order valence-corrected chi connectivity index (χ4v) is 1.72. The molecule has 0 bridgehead atoms. The van der Waals surface area contributed by atoms with Crippen LogP contribution >= 0.6 is 0 Å². The lowest BCUT2D eigenvalue weighted by atomic mass is 9.86. The van der Waals surface area contributed by atoms with Gasteiger partial charge < -0.3 is 11.1 Å². The molecular weight excluding hydrogens is 228 g/mol. The van der Waals surface area contributed by atoms with Crippen molar-refractivity contribution in [3.05, 3.63) is 17.5 Å². The summed E-state index contributed by atoms with van der Waals surface area (Å²) in [6, 6.07) is 0. The first-order chi connectivity index (χ1) is 8.53. The molecule has 4 N–H and O–H groups in total. The quantitative estimate of drug-likeness (QED) is 0.636. The highest BCUT2D eigenvalue weighted by molar-refractivity contribution is 5.82. The summed E-state index contributed by atoms with van der Waals surface area (Å²) in [5.74, 6) is 0.0522. The number of aryl methyl sites for hydroxylation is 2. The zero-order valence-electron chi connectivity index (χ0n) is 11.5. The SMILES string of the molecule is CCC(C)(CN)C(=O)NCCCc1cn[nH]c1C. The number of carbonyl (C=O) groups excluding carboxylic acids is 1. The van der Waals surface area contributed by atoms with Crippen molar-refractivity contribution in [2.45, 2.75) is 40.0 Å². The number of hydrogen-bond donors (Lipinski definition) is 3. The van der Waals surface area contributed by atoms with Crippen LogP contribution in [0.4, 0.5) is 0 Å². The van der Waals surface area contributed by atoms with Crippen LogP contribution in [0.3, 0.4) is 0 Å². The minimum atomic E-state index is -0.439. The van der Waals surface area contributed by atoms with Crippen molar-refractivity contribution in [1.29, 1.82) is 0 Å². The van der Waals surface area contributed by atoms with E-state index in [2.05, 4.69) is 15.5 Å². The highest BCUT2D eigenvalue weighted by Gasteiger charge is 2.28. The van der Waals surface area contributed by atoms with Crippen molar-refractivity contribution < 1.29 is 4.79 Å². The molecule has 0 spiro atoms. The Labute approximate surface area is 109 Å². The molecule has 102 valence electrons. The second-order valence-corrected chi connectivity index (χ2v) is 5.00. The topological polar surface area (TPSA) is 83.8 Å². The molecule has 0 aliphatic heterocycles. The van der Waals surface area contributed by atoms with Crippen molar-refractivity contribution >= 4 is 5.91 Å². The molecule has 1 heterocycles. The van der Waals surface area contributed by atoms with Crippen molar-refractivity contribution in [3.8, 4) is 0 Å². The number of aromatic amines is 1. The summed E-state index contributed by atoms with van der Waals surface area (Å²) in [6.45, 7) is 6.96. The van der Waals surface area contributed by atoms with Gasteiger partial charge in [-0.3, -0.25) is 9.89 Å². The first-order valence-electron chi connectivity index (χ1n) is 6.50. The van der Waals surface area contributed by atoms with Gasteiger partial charge in [0.15, 0.2) is 0 Å². The summed E-state index contributed by atoms with van der Waals surface area (Å²) in [5, 5.41) is 9.84. The number of aromatic nitrogens is 2. The minimum Gasteiger partial charge on any atom is -0.356 e. The Kier molecular flexibility index (Phi) is 5.34. The molecule has 5 nitrogen and oxygen atoms in total. The van der Waals surface area contributed by atoms with Crippen LogP contribution in [0, 0.1) is 12.3 Å². The predicted molar refractivity (Wildman–Crippen MR) is 72.1 cm³/mol. The van der Waals surface area contributed by atoms with Crippen molar-refractivity contribution in [3.63, 3.8) is 0 Å². The number of H-pyrrole nitrogens is 1. The molecule has 0 aliphatic rings. The third-order valence-corrected chi connectivity index (χ3v) is 3.62. The Morgan fingerprint density at radius 2 is 2.33 bits per heavy atom. The Bertz CT molecular complexity index is 382. The van der Waals surface area contributed by atoms with E-state index in [1.165, 1.54) is 5.56 Å². The normalized spacial score (nSPS) is 14.2. The molecule has 1 rings (SSSR count). The number of amides is 1. The van der Waals surface area contributed by atoms with Gasteiger partial charge in [0.2, 0.25) is 5.91 Å². The molecule has 0 radical (unpaired) electrons. The number of carbonyl (C=O) groups is 1. The molecule has 1 aromatic heterocycles. The molecule has 1 unspecified atom stereocenters. The van der Waals surface area contributed by atoms with Gasteiger partial charge in [0.05, 0.1) is 11.6 Å². The maximum absolute atomic E-state index is 11.9. The van der Waals surface area contributed by atoms with Gasteiger partial charge in [0.25, 0.3) is 0 Å². The van der Waals surface area contributed by atoms with Gasteiger partial charge >= 0.3 is 0 Å². The van der Waals surface area contributed by atoms with Gasteiger partial charge in [-0.25, -0.2) is 0 Å². The maximum Gasteiger partial charge on any atom is 0.227 e. The molecule has 1 aromatic rings. The van der Waals surface area contributed by atoms with E-state index in [1.54, 1.807) is 0 Å². The number of hydrogen-bond acceptors (Lipinski definition) is 3. The zero-order chi connectivity index (χ0) is 13.6. The Morgan fingerprint density at radius 3 is 2.83 bits per heavy atom. The molecule has 0 aromatic carbocycles. The van der Waals surface area contributed by atoms with E-state index in [0.717, 1.165) is 25.0 Å². The highest BCUT2D eigenvalue weighted by Crippen LogP contribution is 2.18. The second-order valence-electron chi connectivity index (χ2n) is 5.00. The molecule has 5 heteroatoms. The lowest BCUT2D eigenvalue weighted by molar-refractivity contribution is -0.129. The van der Waals surface area contributed by atoms with E-state index in [0.29, 0.717) is 13.1 Å². The van der Waals surface area contributed by atoms with Crippen LogP contribution in [0.1, 0.15) is 37.9 Å². The lowest BCUT2D eigenvalue weighted by Crippen LogP contribution is -2.43. The van der Waals surface area contributed by atoms with Crippen LogP contribution in [0.2, 0.25) is 0 Å². The van der Waals surface area contributed by atoms with Crippen molar-refractivity contribution in [1.82, 2.24) is 15.5 Å². The van der Waals surface area contributed by atoms with E-state index in [4.69, 9.17) is 5.73 Å². The summed E-state index contributed by atoms with van der Waals surface area (Å²) in [7, 11) is 0. The monoisotopic (exact) mass is 252 g/mol. The average Bonchev–Trinajstić information content (AvgIpc) is 2.79. The van der Waals surface area contributed by atoms with Crippen LogP contribution in [0.5, 0.6) is 0 Å². The standard InChI is InChI=1S/C13H24N4O/c1-4-13(3,9-14)12(18)15-7-5-6-11-8-16-17-10(11)2/h8H,4-7,9,14H2,1-3H3,(H,15,18)(H,16,17). The third-order valence-electron chi connectivity index (χ3n) is 3.62. The largest absolute Gasteiger partial charge is 0.356 e. The zero-order valence-corrected chi connectivity index (χ0v) is 11.5. The Balaban J connectivity index is 2.30. The number of nitrogens with one attached hydrogen (secondary N) is 2. The van der Waals surface area contributed by atoms with E-state index >= 15 is 0 Å². The number of rotatable bonds is 7. The third kappa shape index (κ3) is 3.57. The van der Waals surface area contributed by atoms with Crippen molar-refractivity contribution in [2.24, 2.45) is 11.1 Å². The van der Waals surface area contributed by atoms with E-state index in [9.17, 15) is 4.79 Å². The fraction of sp³-hybridized carbons (Fsp3) is 0.692. The second kappa shape index (κ2) is 6.54. The summed E-state index contributed by atoms with van der Waals surface area (Å²) in [5.41, 5.74) is 7.52. The highest BCUT2D eigenvalue weighted by atomic mass is 16.2. The molecule has 1 atom stereocenters. The Hall–Kier alpha value is -1.36. The predicted octanol–water partition coefficient (Wildman–Crippen LogP) is 1.14. The van der Waals surface area contributed by atoms with Crippen LogP contribution in [-0.4, -0.2) is 29.2 Å². The molecule has 0 saturated carbocycles. The van der Waals surface area contributed by atoms with Gasteiger partial charge in [-0.2, -0.15) is 5.10 Å². The molecule has 0 aliphatic carbocycles. The van der Waals surface area contributed by atoms with E-state index < -0.39 is 5.41 Å². The van der Waals surface area contributed by atoms with Crippen molar-refractivity contribution in [2.75, 3.05) is 13.1 Å². The van der Waals surface area contributed by atoms with Crippen LogP contribution < -0.4 is 11.1 Å². The average molecular weight is 252 g/mol. The summed E-state index contributed by atoms with van der Waals surface area (Å²) in [4.78, 5) is 11.9. The lowest BCUT2D eigenvalue weighted by Gasteiger charge is -2.24. The van der Waals surface area contributed by atoms with E-state index in [-0.39, 0.29) is 5.91 Å². The Morgan fingerprint density at radius 1 is 1.61 bits per heavy atom. The first-order valence-corrected chi connectivity index (χ1v) is 6.50. The molecule has 0 saturated heterocycles.